The first kappa shape index (κ1) is 32.7. The van der Waals surface area contributed by atoms with Crippen molar-refractivity contribution in [3.63, 3.8) is 0 Å². The highest BCUT2D eigenvalue weighted by atomic mass is 31.2. The second-order valence-corrected chi connectivity index (χ2v) is 13.4. The van der Waals surface area contributed by atoms with Crippen LogP contribution in [-0.2, 0) is 33.0 Å². The van der Waals surface area contributed by atoms with E-state index in [2.05, 4.69) is 10.3 Å². The molecule has 0 radical (unpaired) electrons. The molecule has 4 N–H and O–H groups in total. The van der Waals surface area contributed by atoms with Gasteiger partial charge in [0.05, 0.1) is 13.2 Å². The first-order chi connectivity index (χ1) is 20.3. The number of ether oxygens (including phenoxy) is 1. The molecule has 1 aliphatic carbocycles. The Balaban J connectivity index is 1.28. The molecule has 43 heavy (non-hydrogen) atoms. The molecule has 4 rings (SSSR count). The molecule has 0 aromatic carbocycles. The van der Waals surface area contributed by atoms with E-state index < -0.39 is 25.8 Å². The molecule has 3 fully saturated rings. The highest BCUT2D eigenvalue weighted by molar-refractivity contribution is 7.50. The van der Waals surface area contributed by atoms with Crippen LogP contribution < -0.4 is 16.7 Å². The molecule has 0 spiro atoms. The predicted molar refractivity (Wildman–Crippen MR) is 152 cm³/mol. The monoisotopic (exact) mass is 625 g/mol. The molecule has 17 heteroatoms. The number of rotatable bonds is 11. The first-order valence-electron chi connectivity index (χ1n) is 14.4. The van der Waals surface area contributed by atoms with Crippen molar-refractivity contribution in [2.75, 3.05) is 52.6 Å². The van der Waals surface area contributed by atoms with Crippen LogP contribution in [0.2, 0.25) is 0 Å². The van der Waals surface area contributed by atoms with Crippen LogP contribution in [0, 0.1) is 11.8 Å². The van der Waals surface area contributed by atoms with Crippen molar-refractivity contribution in [2.45, 2.75) is 57.3 Å². The summed E-state index contributed by atoms with van der Waals surface area (Å²) in [5.41, 5.74) is 4.91. The number of imide groups is 1. The minimum absolute atomic E-state index is 0.00525. The van der Waals surface area contributed by atoms with Crippen LogP contribution in [0.25, 0.3) is 0 Å². The minimum atomic E-state index is -4.07. The van der Waals surface area contributed by atoms with Crippen molar-refractivity contribution < 1.29 is 37.9 Å². The summed E-state index contributed by atoms with van der Waals surface area (Å²) in [6, 6.07) is 1.42. The van der Waals surface area contributed by atoms with Gasteiger partial charge in [0, 0.05) is 51.0 Å². The average molecular weight is 626 g/mol. The first-order valence-corrected chi connectivity index (χ1v) is 15.9. The Morgan fingerprint density at radius 1 is 1.16 bits per heavy atom. The number of nitrogens with one attached hydrogen (secondary N) is 1. The van der Waals surface area contributed by atoms with Crippen LogP contribution in [0.15, 0.2) is 17.1 Å². The van der Waals surface area contributed by atoms with Gasteiger partial charge in [0.2, 0.25) is 23.6 Å². The second-order valence-electron chi connectivity index (χ2n) is 11.3. The maximum absolute atomic E-state index is 13.2. The summed E-state index contributed by atoms with van der Waals surface area (Å²) in [7, 11) is -1.29. The fraction of sp³-hybridized carbons (Fsp3) is 0.692. The molecule has 4 amide bonds. The second kappa shape index (κ2) is 14.1. The van der Waals surface area contributed by atoms with E-state index in [1.54, 1.807) is 0 Å². The highest BCUT2D eigenvalue weighted by Crippen LogP contribution is 2.44. The van der Waals surface area contributed by atoms with Crippen LogP contribution in [0.4, 0.5) is 5.82 Å². The number of amides is 4. The lowest BCUT2D eigenvalue weighted by Gasteiger charge is -2.38. The fourth-order valence-corrected chi connectivity index (χ4v) is 6.09. The van der Waals surface area contributed by atoms with Crippen LogP contribution >= 0.6 is 7.75 Å². The number of nitrogens with zero attached hydrogens (tertiary/aromatic N) is 5. The third kappa shape index (κ3) is 8.48. The van der Waals surface area contributed by atoms with Crippen molar-refractivity contribution in [1.29, 1.82) is 0 Å². The van der Waals surface area contributed by atoms with Crippen molar-refractivity contribution >= 4 is 37.2 Å². The van der Waals surface area contributed by atoms with Crippen LogP contribution in [-0.4, -0.2) is 106 Å². The largest absolute Gasteiger partial charge is 0.405 e. The molecule has 2 saturated heterocycles. The van der Waals surface area contributed by atoms with E-state index in [0.717, 1.165) is 17.5 Å². The molecular weight excluding hydrogens is 585 g/mol. The van der Waals surface area contributed by atoms with Gasteiger partial charge in [0.15, 0.2) is 6.23 Å². The summed E-state index contributed by atoms with van der Waals surface area (Å²) in [6.07, 6.45) is 2.91. The Hall–Kier alpha value is -3.17. The van der Waals surface area contributed by atoms with Gasteiger partial charge >= 0.3 is 13.4 Å². The lowest BCUT2D eigenvalue weighted by molar-refractivity contribution is -0.159. The molecule has 2 aliphatic heterocycles. The van der Waals surface area contributed by atoms with Crippen molar-refractivity contribution in [3.8, 4) is 0 Å². The lowest BCUT2D eigenvalue weighted by Crippen LogP contribution is -2.51. The predicted octanol–water partition coefficient (Wildman–Crippen LogP) is -0.308. The molecule has 0 bridgehead atoms. The summed E-state index contributed by atoms with van der Waals surface area (Å²) in [5, 5.41) is 2.84. The zero-order chi connectivity index (χ0) is 31.3. The smallest absolute Gasteiger partial charge is 0.383 e. The fourth-order valence-electron chi connectivity index (χ4n) is 5.49. The molecule has 1 aromatic rings. The van der Waals surface area contributed by atoms with E-state index in [0.29, 0.717) is 19.4 Å². The van der Waals surface area contributed by atoms with Crippen molar-refractivity contribution in [1.82, 2.24) is 29.3 Å². The number of anilines is 1. The van der Waals surface area contributed by atoms with E-state index >= 15 is 0 Å². The molecular formula is C26H40N7O9P. The van der Waals surface area contributed by atoms with Gasteiger partial charge in [-0.3, -0.25) is 33.2 Å². The Morgan fingerprint density at radius 2 is 1.84 bits per heavy atom. The van der Waals surface area contributed by atoms with Crippen LogP contribution in [0.3, 0.4) is 0 Å². The highest BCUT2D eigenvalue weighted by Gasteiger charge is 2.36. The Bertz CT molecular complexity index is 1300. The Labute approximate surface area is 249 Å². The third-order valence-electron chi connectivity index (χ3n) is 8.05. The lowest BCUT2D eigenvalue weighted by atomic mass is 9.81. The van der Waals surface area contributed by atoms with Gasteiger partial charge in [-0.15, -0.1) is 0 Å². The van der Waals surface area contributed by atoms with E-state index in [4.69, 9.17) is 15.0 Å². The third-order valence-corrected chi connectivity index (χ3v) is 9.55. The van der Waals surface area contributed by atoms with Gasteiger partial charge in [-0.25, -0.2) is 14.0 Å². The Morgan fingerprint density at radius 3 is 2.47 bits per heavy atom. The summed E-state index contributed by atoms with van der Waals surface area (Å²) >= 11 is 0. The molecule has 1 aromatic heterocycles. The van der Waals surface area contributed by atoms with Gasteiger partial charge in [0.25, 0.3) is 0 Å². The topological polar surface area (TPSA) is 207 Å². The zero-order valence-electron chi connectivity index (χ0n) is 24.4. The average Bonchev–Trinajstić information content (AvgIpc) is 3.28. The van der Waals surface area contributed by atoms with Gasteiger partial charge in [0.1, 0.15) is 11.9 Å². The van der Waals surface area contributed by atoms with Crippen molar-refractivity contribution in [2.24, 2.45) is 11.8 Å². The quantitative estimate of drug-likeness (QED) is 0.214. The van der Waals surface area contributed by atoms with Crippen LogP contribution in [0.5, 0.6) is 0 Å². The normalized spacial score (nSPS) is 26.0. The van der Waals surface area contributed by atoms with Gasteiger partial charge in [-0.1, -0.05) is 0 Å². The van der Waals surface area contributed by atoms with E-state index in [9.17, 15) is 33.4 Å². The number of aromatic nitrogens is 2. The Kier molecular flexibility index (Phi) is 10.7. The molecule has 238 valence electrons. The number of hydrogen-bond acceptors (Lipinski definition) is 10. The molecule has 3 aliphatic rings. The van der Waals surface area contributed by atoms with E-state index in [-0.39, 0.29) is 86.8 Å². The number of likely N-dealkylation sites (tertiary alicyclic amines) is 1. The zero-order valence-corrected chi connectivity index (χ0v) is 25.3. The van der Waals surface area contributed by atoms with Gasteiger partial charge in [-0.2, -0.15) is 4.98 Å². The molecule has 1 saturated carbocycles. The maximum atomic E-state index is 13.2. The minimum Gasteiger partial charge on any atom is -0.383 e. The summed E-state index contributed by atoms with van der Waals surface area (Å²) < 4.78 is 25.6. The maximum Gasteiger partial charge on any atom is 0.405 e. The number of carbonyl (C=O) groups excluding carboxylic acids is 4. The molecule has 3 unspecified atom stereocenters. The summed E-state index contributed by atoms with van der Waals surface area (Å²) in [6.45, 7) is 0.248. The number of carbonyl (C=O) groups is 4. The number of morpholine rings is 1. The van der Waals surface area contributed by atoms with Crippen LogP contribution in [0.1, 0.15) is 51.2 Å². The number of nitrogens with two attached hydrogens (primary N) is 1. The summed E-state index contributed by atoms with van der Waals surface area (Å²) in [5.74, 6) is -0.701. The van der Waals surface area contributed by atoms with E-state index in [1.165, 1.54) is 40.7 Å². The van der Waals surface area contributed by atoms with Gasteiger partial charge < -0.3 is 25.6 Å². The van der Waals surface area contributed by atoms with Gasteiger partial charge in [-0.05, 0) is 51.8 Å². The molecule has 16 nitrogen and oxygen atoms in total. The number of nitrogen functional groups attached to an aromatic ring is 1. The molecule has 3 heterocycles. The molecule has 3 atom stereocenters. The SMILES string of the molecule is CN(C)P(=O)(O)OCC1CN(C(=O)CCNC(=O)C2CCC(CN3C(=O)CCC3=O)CC2)CC(n2ccc(N)nc2=O)O1. The number of hydrogen-bond donors (Lipinski definition) is 3. The van der Waals surface area contributed by atoms with Crippen molar-refractivity contribution in [3.05, 3.63) is 22.7 Å². The summed E-state index contributed by atoms with van der Waals surface area (Å²) in [4.78, 5) is 78.7. The van der Waals surface area contributed by atoms with E-state index in [1.807, 2.05) is 0 Å². The standard InChI is InChI=1S/C26H40N7O9P/c1-30(2)43(39,40)41-16-19-14-31(15-24(42-19)32-12-10-20(27)29-26(32)38)21(34)9-11-28-25(37)18-5-3-17(4-6-18)13-33-22(35)7-8-23(33)36/h10,12,17-19,24H,3-9,11,13-16H2,1-2H3,(H,28,37)(H,39,40)(H2,27,29,38).